The van der Waals surface area contributed by atoms with Crippen LogP contribution in [0.4, 0.5) is 18.9 Å². The SMILES string of the molecule is Nc1ccc(F)cc1S(=O)(=O)Cc1cc(F)ccc1F. The maximum Gasteiger partial charge on any atom is 0.184 e. The van der Waals surface area contributed by atoms with Gasteiger partial charge in [-0.05, 0) is 36.4 Å². The first-order chi connectivity index (χ1) is 9.29. The topological polar surface area (TPSA) is 60.2 Å². The van der Waals surface area contributed by atoms with E-state index in [1.165, 1.54) is 0 Å². The Balaban J connectivity index is 2.46. The highest BCUT2D eigenvalue weighted by Gasteiger charge is 2.21. The predicted octanol–water partition coefficient (Wildman–Crippen LogP) is 2.66. The number of nitrogens with two attached hydrogens (primary N) is 1. The van der Waals surface area contributed by atoms with Crippen molar-refractivity contribution in [1.29, 1.82) is 0 Å². The lowest BCUT2D eigenvalue weighted by Crippen LogP contribution is -2.09. The molecule has 0 amide bonds. The molecule has 0 unspecified atom stereocenters. The second-order valence-electron chi connectivity index (χ2n) is 4.18. The van der Waals surface area contributed by atoms with E-state index in [0.717, 1.165) is 36.4 Å². The summed E-state index contributed by atoms with van der Waals surface area (Å²) in [6.07, 6.45) is 0. The third-order valence-electron chi connectivity index (χ3n) is 2.66. The van der Waals surface area contributed by atoms with Crippen LogP contribution in [0.5, 0.6) is 0 Å². The zero-order valence-corrected chi connectivity index (χ0v) is 10.9. The molecule has 0 spiro atoms. The van der Waals surface area contributed by atoms with E-state index < -0.39 is 37.9 Å². The van der Waals surface area contributed by atoms with Crippen molar-refractivity contribution in [3.05, 3.63) is 59.4 Å². The first kappa shape index (κ1) is 14.4. The summed E-state index contributed by atoms with van der Waals surface area (Å²) in [5, 5.41) is 0. The number of hydrogen-bond acceptors (Lipinski definition) is 3. The van der Waals surface area contributed by atoms with Crippen molar-refractivity contribution in [2.24, 2.45) is 0 Å². The molecular formula is C13H10F3NO2S. The van der Waals surface area contributed by atoms with Gasteiger partial charge < -0.3 is 5.73 Å². The summed E-state index contributed by atoms with van der Waals surface area (Å²) < 4.78 is 63.8. The standard InChI is InChI=1S/C13H10F3NO2S/c14-9-1-3-11(16)8(5-9)7-20(18,19)13-6-10(15)2-4-12(13)17/h1-6H,7,17H2. The summed E-state index contributed by atoms with van der Waals surface area (Å²) in [6, 6.07) is 5.35. The molecule has 2 rings (SSSR count). The molecule has 3 nitrogen and oxygen atoms in total. The van der Waals surface area contributed by atoms with Crippen LogP contribution in [-0.4, -0.2) is 8.42 Å². The summed E-state index contributed by atoms with van der Waals surface area (Å²) in [5.41, 5.74) is 4.99. The van der Waals surface area contributed by atoms with Crippen LogP contribution in [-0.2, 0) is 15.6 Å². The Kier molecular flexibility index (Phi) is 3.71. The van der Waals surface area contributed by atoms with Gasteiger partial charge in [0.25, 0.3) is 0 Å². The fourth-order valence-corrected chi connectivity index (χ4v) is 3.22. The Morgan fingerprint density at radius 1 is 0.950 bits per heavy atom. The van der Waals surface area contributed by atoms with Gasteiger partial charge in [0.05, 0.1) is 16.3 Å². The molecule has 0 saturated heterocycles. The molecule has 0 bridgehead atoms. The Labute approximate surface area is 113 Å². The van der Waals surface area contributed by atoms with Gasteiger partial charge in [0.1, 0.15) is 17.5 Å². The first-order valence-corrected chi connectivity index (χ1v) is 7.16. The van der Waals surface area contributed by atoms with Gasteiger partial charge in [0.2, 0.25) is 0 Å². The Morgan fingerprint density at radius 2 is 1.55 bits per heavy atom. The molecule has 0 saturated carbocycles. The highest BCUT2D eigenvalue weighted by Crippen LogP contribution is 2.24. The molecule has 0 heterocycles. The third kappa shape index (κ3) is 2.93. The number of sulfone groups is 1. The van der Waals surface area contributed by atoms with E-state index in [0.29, 0.717) is 0 Å². The Morgan fingerprint density at radius 3 is 2.25 bits per heavy atom. The lowest BCUT2D eigenvalue weighted by Gasteiger charge is -2.08. The van der Waals surface area contributed by atoms with Gasteiger partial charge in [-0.1, -0.05) is 0 Å². The fourth-order valence-electron chi connectivity index (χ4n) is 1.71. The quantitative estimate of drug-likeness (QED) is 0.887. The molecule has 106 valence electrons. The van der Waals surface area contributed by atoms with Crippen molar-refractivity contribution < 1.29 is 21.6 Å². The summed E-state index contributed by atoms with van der Waals surface area (Å²) >= 11 is 0. The van der Waals surface area contributed by atoms with Crippen LogP contribution in [0.3, 0.4) is 0 Å². The Hall–Kier alpha value is -2.02. The lowest BCUT2D eigenvalue weighted by atomic mass is 10.2. The van der Waals surface area contributed by atoms with E-state index in [2.05, 4.69) is 0 Å². The van der Waals surface area contributed by atoms with E-state index >= 15 is 0 Å². The van der Waals surface area contributed by atoms with Crippen molar-refractivity contribution in [1.82, 2.24) is 0 Å². The minimum atomic E-state index is -4.08. The molecule has 2 aromatic rings. The van der Waals surface area contributed by atoms with E-state index in [-0.39, 0.29) is 11.3 Å². The van der Waals surface area contributed by atoms with Crippen LogP contribution < -0.4 is 5.73 Å². The van der Waals surface area contributed by atoms with Gasteiger partial charge in [-0.25, -0.2) is 21.6 Å². The van der Waals surface area contributed by atoms with Crippen LogP contribution >= 0.6 is 0 Å². The smallest absolute Gasteiger partial charge is 0.184 e. The number of anilines is 1. The summed E-state index contributed by atoms with van der Waals surface area (Å²) in [4.78, 5) is -0.443. The molecule has 20 heavy (non-hydrogen) atoms. The van der Waals surface area contributed by atoms with E-state index in [1.807, 2.05) is 0 Å². The van der Waals surface area contributed by atoms with E-state index in [1.54, 1.807) is 0 Å². The Bertz CT molecular complexity index is 760. The second-order valence-corrected chi connectivity index (χ2v) is 6.13. The van der Waals surface area contributed by atoms with Gasteiger partial charge in [-0.3, -0.25) is 0 Å². The molecule has 0 aromatic heterocycles. The summed E-state index contributed by atoms with van der Waals surface area (Å²) in [5.74, 6) is -3.20. The van der Waals surface area contributed by atoms with Crippen molar-refractivity contribution in [2.45, 2.75) is 10.6 Å². The zero-order valence-electron chi connectivity index (χ0n) is 10.1. The number of nitrogen functional groups attached to an aromatic ring is 1. The molecule has 0 fully saturated rings. The fraction of sp³-hybridized carbons (Fsp3) is 0.0769. The maximum absolute atomic E-state index is 13.5. The lowest BCUT2D eigenvalue weighted by molar-refractivity contribution is 0.577. The summed E-state index contributed by atoms with van der Waals surface area (Å²) in [6.45, 7) is 0. The van der Waals surface area contributed by atoms with E-state index in [4.69, 9.17) is 5.73 Å². The van der Waals surface area contributed by atoms with Crippen LogP contribution in [0.25, 0.3) is 0 Å². The van der Waals surface area contributed by atoms with E-state index in [9.17, 15) is 21.6 Å². The molecule has 2 N–H and O–H groups in total. The largest absolute Gasteiger partial charge is 0.398 e. The van der Waals surface area contributed by atoms with Crippen LogP contribution in [0.1, 0.15) is 5.56 Å². The molecule has 0 atom stereocenters. The number of hydrogen-bond donors (Lipinski definition) is 1. The second kappa shape index (κ2) is 5.16. The number of halogens is 3. The average molecular weight is 301 g/mol. The maximum atomic E-state index is 13.5. The van der Waals surface area contributed by atoms with Crippen LogP contribution in [0.2, 0.25) is 0 Å². The van der Waals surface area contributed by atoms with Crippen LogP contribution in [0.15, 0.2) is 41.3 Å². The van der Waals surface area contributed by atoms with Crippen molar-refractivity contribution >= 4 is 15.5 Å². The summed E-state index contributed by atoms with van der Waals surface area (Å²) in [7, 11) is -4.08. The molecule has 0 aliphatic heterocycles. The van der Waals surface area contributed by atoms with Crippen LogP contribution in [0, 0.1) is 17.5 Å². The molecule has 0 aliphatic rings. The first-order valence-electron chi connectivity index (χ1n) is 5.51. The van der Waals surface area contributed by atoms with Crippen molar-refractivity contribution in [2.75, 3.05) is 5.73 Å². The molecule has 0 aliphatic carbocycles. The van der Waals surface area contributed by atoms with Crippen molar-refractivity contribution in [3.63, 3.8) is 0 Å². The van der Waals surface area contributed by atoms with Gasteiger partial charge in [0.15, 0.2) is 9.84 Å². The number of rotatable bonds is 3. The number of benzene rings is 2. The highest BCUT2D eigenvalue weighted by atomic mass is 32.2. The molecule has 0 radical (unpaired) electrons. The minimum Gasteiger partial charge on any atom is -0.398 e. The molecular weight excluding hydrogens is 291 g/mol. The molecule has 2 aromatic carbocycles. The van der Waals surface area contributed by atoms with Gasteiger partial charge >= 0.3 is 0 Å². The highest BCUT2D eigenvalue weighted by molar-refractivity contribution is 7.90. The van der Waals surface area contributed by atoms with Gasteiger partial charge in [-0.15, -0.1) is 0 Å². The van der Waals surface area contributed by atoms with Gasteiger partial charge in [0, 0.05) is 5.56 Å². The average Bonchev–Trinajstić information content (AvgIpc) is 2.36. The predicted molar refractivity (Wildman–Crippen MR) is 68.1 cm³/mol. The van der Waals surface area contributed by atoms with Gasteiger partial charge in [-0.2, -0.15) is 0 Å². The minimum absolute atomic E-state index is 0.150. The zero-order chi connectivity index (χ0) is 14.9. The normalized spacial score (nSPS) is 11.6. The monoisotopic (exact) mass is 301 g/mol. The third-order valence-corrected chi connectivity index (χ3v) is 4.38. The van der Waals surface area contributed by atoms with Crippen molar-refractivity contribution in [3.8, 4) is 0 Å². The molecule has 7 heteroatoms.